The van der Waals surface area contributed by atoms with Crippen LogP contribution in [0, 0.1) is 17.8 Å². The van der Waals surface area contributed by atoms with Crippen molar-refractivity contribution >= 4 is 23.9 Å². The molecule has 1 aromatic rings. The average molecular weight is 633 g/mol. The van der Waals surface area contributed by atoms with Gasteiger partial charge in [0.05, 0.1) is 0 Å². The van der Waals surface area contributed by atoms with Gasteiger partial charge in [-0.2, -0.15) is 0 Å². The Kier molecular flexibility index (Phi) is 11.4. The smallest absolute Gasteiger partial charge is 0.344 e. The Morgan fingerprint density at radius 3 is 2.22 bits per heavy atom. The molecule has 0 aromatic heterocycles. The average Bonchev–Trinajstić information content (AvgIpc) is 3.19. The monoisotopic (exact) mass is 632 g/mol. The standard InChI is InChI=1S/C33H44O12/c1-6-19(2)16-20(3)12-13-24(34)43-26-25(35)31(15-14-21(4)17-22(5)18-23-10-8-7-9-11-23)44-27(28(36)37)32(42,29(38)39)33(26,45-31)30(40)41/h7-13,17,19-20,22,25-27,35,42H,6,14-16,18H2,1-5H3,(H,36,37)(H,38,39)(H,40,41)/t19-,20+,22-,25+,26+,27+,31-,32+,33-/m0/s1. The largest absolute Gasteiger partial charge is 0.479 e. The molecular weight excluding hydrogens is 588 g/mol. The Balaban J connectivity index is 1.97. The summed E-state index contributed by atoms with van der Waals surface area (Å²) in [6, 6.07) is 9.74. The minimum absolute atomic E-state index is 0.0665. The zero-order valence-electron chi connectivity index (χ0n) is 26.2. The highest BCUT2D eigenvalue weighted by Crippen LogP contribution is 2.55. The molecule has 2 bridgehead atoms. The maximum absolute atomic E-state index is 12.9. The number of hydrogen-bond acceptors (Lipinski definition) is 9. The Hall–Kier alpha value is -3.58. The Morgan fingerprint density at radius 2 is 1.67 bits per heavy atom. The van der Waals surface area contributed by atoms with Gasteiger partial charge in [-0.25, -0.2) is 19.2 Å². The second kappa shape index (κ2) is 14.2. The minimum atomic E-state index is -3.81. The minimum Gasteiger partial charge on any atom is -0.479 e. The summed E-state index contributed by atoms with van der Waals surface area (Å²) in [7, 11) is 0. The molecular formula is C33H44O12. The molecule has 2 aliphatic heterocycles. The first-order valence-electron chi connectivity index (χ1n) is 15.1. The number of aliphatic hydroxyl groups is 2. The zero-order valence-corrected chi connectivity index (χ0v) is 26.2. The highest BCUT2D eigenvalue weighted by molar-refractivity contribution is 5.98. The van der Waals surface area contributed by atoms with Crippen molar-refractivity contribution in [1.82, 2.24) is 0 Å². The molecule has 0 spiro atoms. The Bertz CT molecular complexity index is 1310. The number of aliphatic carboxylic acids is 3. The quantitative estimate of drug-likeness (QED) is 0.108. The first-order chi connectivity index (χ1) is 21.0. The molecule has 248 valence electrons. The lowest BCUT2D eigenvalue weighted by Crippen LogP contribution is -2.78. The summed E-state index contributed by atoms with van der Waals surface area (Å²) in [5.41, 5.74) is -5.38. The van der Waals surface area contributed by atoms with E-state index >= 15 is 0 Å². The summed E-state index contributed by atoms with van der Waals surface area (Å²) in [6.45, 7) is 9.68. The maximum atomic E-state index is 12.9. The van der Waals surface area contributed by atoms with Crippen molar-refractivity contribution in [3.63, 3.8) is 0 Å². The lowest BCUT2D eigenvalue weighted by Gasteiger charge is -2.48. The first kappa shape index (κ1) is 35.9. The predicted octanol–water partition coefficient (Wildman–Crippen LogP) is 3.34. The number of aliphatic hydroxyl groups excluding tert-OH is 1. The van der Waals surface area contributed by atoms with Crippen molar-refractivity contribution in [2.24, 2.45) is 17.8 Å². The van der Waals surface area contributed by atoms with Crippen LogP contribution in [0.25, 0.3) is 0 Å². The fourth-order valence-corrected chi connectivity index (χ4v) is 6.22. The molecule has 9 atom stereocenters. The van der Waals surface area contributed by atoms with Gasteiger partial charge in [0, 0.05) is 12.5 Å². The van der Waals surface area contributed by atoms with Gasteiger partial charge < -0.3 is 39.7 Å². The topological polar surface area (TPSA) is 197 Å². The number of carboxylic acids is 3. The van der Waals surface area contributed by atoms with Gasteiger partial charge in [0.1, 0.15) is 6.10 Å². The van der Waals surface area contributed by atoms with Crippen LogP contribution in [-0.2, 0) is 39.8 Å². The van der Waals surface area contributed by atoms with Crippen LogP contribution in [0.4, 0.5) is 0 Å². The number of carboxylic acid groups (broad SMARTS) is 3. The van der Waals surface area contributed by atoms with E-state index in [1.807, 2.05) is 64.1 Å². The fourth-order valence-electron chi connectivity index (χ4n) is 6.22. The summed E-state index contributed by atoms with van der Waals surface area (Å²) < 4.78 is 16.5. The van der Waals surface area contributed by atoms with Crippen LogP contribution in [0.15, 0.2) is 54.1 Å². The van der Waals surface area contributed by atoms with Crippen molar-refractivity contribution < 1.29 is 58.9 Å². The van der Waals surface area contributed by atoms with Gasteiger partial charge in [-0.1, -0.05) is 82.2 Å². The molecule has 2 heterocycles. The maximum Gasteiger partial charge on any atom is 0.344 e. The van der Waals surface area contributed by atoms with Crippen molar-refractivity contribution in [2.75, 3.05) is 0 Å². The Labute approximate surface area is 262 Å². The van der Waals surface area contributed by atoms with E-state index in [1.54, 1.807) is 6.92 Å². The fraction of sp³-hybridized carbons (Fsp3) is 0.576. The van der Waals surface area contributed by atoms with Crippen LogP contribution in [0.1, 0.15) is 65.9 Å². The third-order valence-electron chi connectivity index (χ3n) is 8.72. The Morgan fingerprint density at radius 1 is 1.02 bits per heavy atom. The van der Waals surface area contributed by atoms with Crippen LogP contribution in [0.2, 0.25) is 0 Å². The summed E-state index contributed by atoms with van der Waals surface area (Å²) in [5.74, 6) is -9.74. The zero-order chi connectivity index (χ0) is 33.7. The van der Waals surface area contributed by atoms with Crippen molar-refractivity contribution in [3.05, 3.63) is 59.7 Å². The van der Waals surface area contributed by atoms with Gasteiger partial charge in [0.15, 0.2) is 6.10 Å². The molecule has 12 heteroatoms. The molecule has 45 heavy (non-hydrogen) atoms. The van der Waals surface area contributed by atoms with Crippen molar-refractivity contribution in [2.45, 2.75) is 102 Å². The number of esters is 1. The molecule has 2 saturated heterocycles. The van der Waals surface area contributed by atoms with E-state index in [-0.39, 0.29) is 24.7 Å². The number of carbonyl (C=O) groups is 4. The number of fused-ring (bicyclic) bond motifs is 2. The van der Waals surface area contributed by atoms with Gasteiger partial charge in [0.2, 0.25) is 23.1 Å². The van der Waals surface area contributed by atoms with Crippen molar-refractivity contribution in [3.8, 4) is 0 Å². The molecule has 2 fully saturated rings. The van der Waals surface area contributed by atoms with Gasteiger partial charge in [-0.15, -0.1) is 0 Å². The lowest BCUT2D eigenvalue weighted by molar-refractivity contribution is -0.374. The number of carbonyl (C=O) groups excluding carboxylic acids is 1. The molecule has 3 rings (SSSR count). The van der Waals surface area contributed by atoms with Gasteiger partial charge in [-0.3, -0.25) is 0 Å². The number of rotatable bonds is 15. The van der Waals surface area contributed by atoms with Crippen molar-refractivity contribution in [1.29, 1.82) is 0 Å². The third-order valence-corrected chi connectivity index (χ3v) is 8.72. The lowest BCUT2D eigenvalue weighted by atomic mass is 9.74. The molecule has 0 amide bonds. The van der Waals surface area contributed by atoms with E-state index < -0.39 is 59.2 Å². The molecule has 2 aliphatic rings. The van der Waals surface area contributed by atoms with Crippen LogP contribution in [0.5, 0.6) is 0 Å². The molecule has 0 saturated carbocycles. The molecule has 1 aromatic carbocycles. The van der Waals surface area contributed by atoms with E-state index in [4.69, 9.17) is 14.2 Å². The van der Waals surface area contributed by atoms with Crippen LogP contribution < -0.4 is 0 Å². The second-order valence-electron chi connectivity index (χ2n) is 12.4. The van der Waals surface area contributed by atoms with Crippen LogP contribution in [-0.4, -0.2) is 84.7 Å². The van der Waals surface area contributed by atoms with E-state index in [2.05, 4.69) is 0 Å². The number of benzene rings is 1. The van der Waals surface area contributed by atoms with Crippen LogP contribution >= 0.6 is 0 Å². The molecule has 0 aliphatic carbocycles. The molecule has 0 unspecified atom stereocenters. The van der Waals surface area contributed by atoms with Gasteiger partial charge in [-0.05, 0) is 49.5 Å². The second-order valence-corrected chi connectivity index (χ2v) is 12.4. The number of hydrogen-bond donors (Lipinski definition) is 5. The van der Waals surface area contributed by atoms with E-state index in [1.165, 1.54) is 6.08 Å². The van der Waals surface area contributed by atoms with Gasteiger partial charge in [0.25, 0.3) is 0 Å². The van der Waals surface area contributed by atoms with Gasteiger partial charge >= 0.3 is 23.9 Å². The van der Waals surface area contributed by atoms with E-state index in [9.17, 15) is 44.7 Å². The van der Waals surface area contributed by atoms with E-state index in [0.717, 1.165) is 36.5 Å². The molecule has 5 N–H and O–H groups in total. The number of allylic oxidation sites excluding steroid dienone is 3. The summed E-state index contributed by atoms with van der Waals surface area (Å²) >= 11 is 0. The predicted molar refractivity (Wildman–Crippen MR) is 160 cm³/mol. The summed E-state index contributed by atoms with van der Waals surface area (Å²) in [5, 5.41) is 53.1. The third kappa shape index (κ3) is 7.14. The highest BCUT2D eigenvalue weighted by Gasteiger charge is 2.85. The molecule has 12 nitrogen and oxygen atoms in total. The number of ether oxygens (including phenoxy) is 3. The van der Waals surface area contributed by atoms with Crippen LogP contribution in [0.3, 0.4) is 0 Å². The SMILES string of the molecule is CC[C@H](C)C[C@H](C)C=CC(=O)O[C@@H]1[C@@H](O)[C@@]2(CCC(C)=C[C@H](C)Cc3ccccc3)O[C@H](C(=O)O)[C@@](O)(C(=O)O)[C@]1(C(=O)O)O2. The molecule has 0 radical (unpaired) electrons. The normalized spacial score (nSPS) is 31.7. The summed E-state index contributed by atoms with van der Waals surface area (Å²) in [6.07, 6.45) is -0.646. The highest BCUT2D eigenvalue weighted by atomic mass is 16.8. The first-order valence-corrected chi connectivity index (χ1v) is 15.1. The van der Waals surface area contributed by atoms with E-state index in [0.29, 0.717) is 5.92 Å². The summed E-state index contributed by atoms with van der Waals surface area (Å²) in [4.78, 5) is 50.5.